The van der Waals surface area contributed by atoms with E-state index in [9.17, 15) is 0 Å². The largest absolute Gasteiger partial charge is 0.310 e. The van der Waals surface area contributed by atoms with Gasteiger partial charge in [-0.15, -0.1) is 0 Å². The van der Waals surface area contributed by atoms with Crippen LogP contribution in [-0.4, -0.2) is 11.5 Å². The van der Waals surface area contributed by atoms with E-state index in [4.69, 9.17) is 0 Å². The summed E-state index contributed by atoms with van der Waals surface area (Å²) in [5.74, 6) is 0. The van der Waals surface area contributed by atoms with Gasteiger partial charge in [0, 0.05) is 22.9 Å². The quantitative estimate of drug-likeness (QED) is 0.822. The average molecular weight is 313 g/mol. The van der Waals surface area contributed by atoms with Crippen LogP contribution < -0.4 is 5.32 Å². The molecule has 3 heteroatoms. The first-order valence-electron chi connectivity index (χ1n) is 6.76. The van der Waals surface area contributed by atoms with Crippen molar-refractivity contribution < 1.29 is 0 Å². The lowest BCUT2D eigenvalue weighted by Gasteiger charge is -2.24. The first-order valence-corrected chi connectivity index (χ1v) is 7.55. The zero-order valence-corrected chi connectivity index (χ0v) is 13.5. The highest BCUT2D eigenvalue weighted by Crippen LogP contribution is 2.28. The smallest absolute Gasteiger partial charge is 0.0410 e. The van der Waals surface area contributed by atoms with E-state index in [1.807, 2.05) is 12.4 Å². The van der Waals surface area contributed by atoms with Crippen molar-refractivity contribution in [3.63, 3.8) is 0 Å². The molecule has 1 unspecified atom stereocenters. The molecule has 0 saturated heterocycles. The molecule has 1 aromatic heterocycles. The summed E-state index contributed by atoms with van der Waals surface area (Å²) in [4.78, 5) is 4.27. The van der Waals surface area contributed by atoms with Crippen LogP contribution in [0.15, 0.2) is 22.9 Å². The molecule has 0 aliphatic carbocycles. The Labute approximate surface area is 120 Å². The lowest BCUT2D eigenvalue weighted by molar-refractivity contribution is 0.332. The maximum Gasteiger partial charge on any atom is 0.0410 e. The van der Waals surface area contributed by atoms with Crippen molar-refractivity contribution in [2.75, 3.05) is 6.54 Å². The zero-order valence-electron chi connectivity index (χ0n) is 12.0. The minimum Gasteiger partial charge on any atom is -0.310 e. The molecule has 0 bridgehead atoms. The van der Waals surface area contributed by atoms with Gasteiger partial charge in [-0.3, -0.25) is 4.98 Å². The van der Waals surface area contributed by atoms with E-state index in [1.54, 1.807) is 0 Å². The average Bonchev–Trinajstić information content (AvgIpc) is 2.28. The Kier molecular flexibility index (Phi) is 6.30. The summed E-state index contributed by atoms with van der Waals surface area (Å²) < 4.78 is 1.05. The van der Waals surface area contributed by atoms with Gasteiger partial charge in [-0.2, -0.15) is 0 Å². The Hall–Kier alpha value is -0.410. The Balaban J connectivity index is 2.71. The molecular weight excluding hydrogens is 288 g/mol. The summed E-state index contributed by atoms with van der Waals surface area (Å²) in [6, 6.07) is 2.58. The second kappa shape index (κ2) is 7.25. The van der Waals surface area contributed by atoms with E-state index in [0.29, 0.717) is 11.5 Å². The van der Waals surface area contributed by atoms with Crippen molar-refractivity contribution in [1.82, 2.24) is 10.3 Å². The second-order valence-corrected chi connectivity index (χ2v) is 6.96. The number of rotatable bonds is 6. The van der Waals surface area contributed by atoms with E-state index >= 15 is 0 Å². The van der Waals surface area contributed by atoms with Crippen molar-refractivity contribution in [2.45, 2.75) is 53.0 Å². The lowest BCUT2D eigenvalue weighted by Crippen LogP contribution is -2.23. The van der Waals surface area contributed by atoms with Gasteiger partial charge in [0.05, 0.1) is 0 Å². The normalized spacial score (nSPS) is 13.6. The molecule has 1 aromatic rings. The molecule has 0 aromatic carbocycles. The number of hydrogen-bond donors (Lipinski definition) is 1. The Morgan fingerprint density at radius 1 is 1.33 bits per heavy atom. The van der Waals surface area contributed by atoms with Crippen molar-refractivity contribution in [2.24, 2.45) is 5.41 Å². The van der Waals surface area contributed by atoms with Gasteiger partial charge in [0.2, 0.25) is 0 Å². The van der Waals surface area contributed by atoms with Crippen LogP contribution in [0.25, 0.3) is 0 Å². The predicted octanol–water partition coefficient (Wildman–Crippen LogP) is 4.71. The minimum atomic E-state index is 0.381. The summed E-state index contributed by atoms with van der Waals surface area (Å²) >= 11 is 3.50. The molecule has 0 radical (unpaired) electrons. The van der Waals surface area contributed by atoms with Gasteiger partial charge in [0.25, 0.3) is 0 Å². The topological polar surface area (TPSA) is 24.9 Å². The highest BCUT2D eigenvalue weighted by molar-refractivity contribution is 9.10. The fraction of sp³-hybridized carbons (Fsp3) is 0.667. The fourth-order valence-electron chi connectivity index (χ4n) is 1.90. The summed E-state index contributed by atoms with van der Waals surface area (Å²) in [7, 11) is 0. The minimum absolute atomic E-state index is 0.381. The molecule has 0 aliphatic rings. The molecular formula is C15H25BrN2. The molecule has 0 saturated carbocycles. The third kappa shape index (κ3) is 5.96. The number of nitrogens with zero attached hydrogens (tertiary/aromatic N) is 1. The van der Waals surface area contributed by atoms with Gasteiger partial charge in [0.15, 0.2) is 0 Å². The van der Waals surface area contributed by atoms with E-state index in [-0.39, 0.29) is 0 Å². The molecule has 0 spiro atoms. The summed E-state index contributed by atoms with van der Waals surface area (Å²) in [6.07, 6.45) is 7.33. The second-order valence-electron chi connectivity index (χ2n) is 6.04. The highest BCUT2D eigenvalue weighted by Gasteiger charge is 2.16. The SMILES string of the molecule is CCCNC(CCC(C)(C)C)c1cncc(Br)c1. The molecule has 1 heterocycles. The van der Waals surface area contributed by atoms with Gasteiger partial charge < -0.3 is 5.32 Å². The van der Waals surface area contributed by atoms with Crippen molar-refractivity contribution in [3.05, 3.63) is 28.5 Å². The van der Waals surface area contributed by atoms with Crippen LogP contribution in [0.5, 0.6) is 0 Å². The first-order chi connectivity index (χ1) is 8.42. The number of halogens is 1. The van der Waals surface area contributed by atoms with Crippen LogP contribution in [0.1, 0.15) is 58.6 Å². The number of hydrogen-bond acceptors (Lipinski definition) is 2. The maximum absolute atomic E-state index is 4.27. The van der Waals surface area contributed by atoms with Crippen LogP contribution in [-0.2, 0) is 0 Å². The molecule has 1 rings (SSSR count). The molecule has 1 N–H and O–H groups in total. The summed E-state index contributed by atoms with van der Waals surface area (Å²) in [5, 5.41) is 3.62. The lowest BCUT2D eigenvalue weighted by atomic mass is 9.87. The fourth-order valence-corrected chi connectivity index (χ4v) is 2.28. The predicted molar refractivity (Wildman–Crippen MR) is 81.7 cm³/mol. The van der Waals surface area contributed by atoms with Crippen LogP contribution in [0, 0.1) is 5.41 Å². The third-order valence-electron chi connectivity index (χ3n) is 2.95. The standard InChI is InChI=1S/C15H25BrN2/c1-5-8-18-14(6-7-15(2,3)4)12-9-13(16)11-17-10-12/h9-11,14,18H,5-8H2,1-4H3. The Bertz CT molecular complexity index is 358. The van der Waals surface area contributed by atoms with Crippen LogP contribution in [0.4, 0.5) is 0 Å². The molecule has 0 aliphatic heterocycles. The summed E-state index contributed by atoms with van der Waals surface area (Å²) in [6.45, 7) is 10.1. The molecule has 18 heavy (non-hydrogen) atoms. The first kappa shape index (κ1) is 15.6. The number of pyridine rings is 1. The van der Waals surface area contributed by atoms with Crippen LogP contribution >= 0.6 is 15.9 Å². The molecule has 102 valence electrons. The van der Waals surface area contributed by atoms with Crippen LogP contribution in [0.2, 0.25) is 0 Å². The van der Waals surface area contributed by atoms with Gasteiger partial charge >= 0.3 is 0 Å². The molecule has 1 atom stereocenters. The molecule has 2 nitrogen and oxygen atoms in total. The Morgan fingerprint density at radius 3 is 2.61 bits per heavy atom. The van der Waals surface area contributed by atoms with Gasteiger partial charge in [-0.1, -0.05) is 27.7 Å². The third-order valence-corrected chi connectivity index (χ3v) is 3.39. The van der Waals surface area contributed by atoms with Gasteiger partial charge in [0.1, 0.15) is 0 Å². The van der Waals surface area contributed by atoms with E-state index in [2.05, 4.69) is 60.0 Å². The Morgan fingerprint density at radius 2 is 2.06 bits per heavy atom. The van der Waals surface area contributed by atoms with Gasteiger partial charge in [-0.05, 0) is 58.8 Å². The molecule has 0 amide bonds. The zero-order chi connectivity index (χ0) is 13.6. The van der Waals surface area contributed by atoms with Crippen molar-refractivity contribution >= 4 is 15.9 Å². The van der Waals surface area contributed by atoms with Crippen LogP contribution in [0.3, 0.4) is 0 Å². The van der Waals surface area contributed by atoms with E-state index in [1.165, 1.54) is 12.0 Å². The van der Waals surface area contributed by atoms with Crippen molar-refractivity contribution in [3.8, 4) is 0 Å². The number of nitrogens with one attached hydrogen (secondary N) is 1. The summed E-state index contributed by atoms with van der Waals surface area (Å²) in [5.41, 5.74) is 1.66. The monoisotopic (exact) mass is 312 g/mol. The van der Waals surface area contributed by atoms with Gasteiger partial charge in [-0.25, -0.2) is 0 Å². The van der Waals surface area contributed by atoms with E-state index in [0.717, 1.165) is 23.9 Å². The van der Waals surface area contributed by atoms with Crippen molar-refractivity contribution in [1.29, 1.82) is 0 Å². The number of aromatic nitrogens is 1. The highest BCUT2D eigenvalue weighted by atomic mass is 79.9. The maximum atomic E-state index is 4.27. The molecule has 0 fully saturated rings. The van der Waals surface area contributed by atoms with E-state index < -0.39 is 0 Å².